The largest absolute Gasteiger partial charge is 0.394 e. The molecular weight excluding hydrogens is 366 g/mol. The first kappa shape index (κ1) is 20.4. The quantitative estimate of drug-likeness (QED) is 0.407. The fraction of sp³-hybridized carbons (Fsp3) is 0.350. The maximum atomic E-state index is 12.4. The van der Waals surface area contributed by atoms with E-state index in [-0.39, 0.29) is 0 Å². The number of hydrogen-bond donors (Lipinski definition) is 6. The molecule has 8 nitrogen and oxygen atoms in total. The minimum absolute atomic E-state index is 0.394. The number of aliphatic hydroxyl groups excluding tert-OH is 5. The number of benzene rings is 2. The molecule has 3 rings (SSSR count). The second-order valence-electron chi connectivity index (χ2n) is 6.67. The molecule has 1 aliphatic heterocycles. The standard InChI is InChI=1S/C20H23NO7/c22-10-14-16(24)17(25)18(26)19(28-14)20(27)21-13-8-6-12(7-9-13)15(23)11-4-2-1-3-5-11/h1-9,14-19,22-26H,10H2,(H,21,27)/t14-,15?,16+,17+,18-,19-/m1/s1. The first-order chi connectivity index (χ1) is 13.4. The van der Waals surface area contributed by atoms with Crippen molar-refractivity contribution in [1.82, 2.24) is 0 Å². The van der Waals surface area contributed by atoms with E-state index in [1.165, 1.54) is 0 Å². The van der Waals surface area contributed by atoms with Crippen LogP contribution in [0.15, 0.2) is 54.6 Å². The van der Waals surface area contributed by atoms with E-state index in [0.29, 0.717) is 11.3 Å². The molecule has 2 aromatic carbocycles. The number of nitrogens with one attached hydrogen (secondary N) is 1. The van der Waals surface area contributed by atoms with Crippen molar-refractivity contribution in [2.45, 2.75) is 36.6 Å². The topological polar surface area (TPSA) is 139 Å². The number of carbonyl (C=O) groups excluding carboxylic acids is 1. The fourth-order valence-corrected chi connectivity index (χ4v) is 3.11. The van der Waals surface area contributed by atoms with E-state index in [1.807, 2.05) is 18.2 Å². The molecule has 1 aliphatic rings. The van der Waals surface area contributed by atoms with Crippen LogP contribution < -0.4 is 5.32 Å². The summed E-state index contributed by atoms with van der Waals surface area (Å²) in [6.07, 6.45) is -8.20. The Kier molecular flexibility index (Phi) is 6.40. The molecule has 1 fully saturated rings. The lowest BCUT2D eigenvalue weighted by atomic mass is 9.94. The summed E-state index contributed by atoms with van der Waals surface area (Å²) in [5, 5.41) is 51.7. The predicted molar refractivity (Wildman–Crippen MR) is 99.3 cm³/mol. The van der Waals surface area contributed by atoms with Gasteiger partial charge in [0.15, 0.2) is 6.10 Å². The normalized spacial score (nSPS) is 28.5. The Morgan fingerprint density at radius 1 is 0.929 bits per heavy atom. The summed E-state index contributed by atoms with van der Waals surface area (Å²) in [6.45, 7) is -0.610. The van der Waals surface area contributed by atoms with Crippen molar-refractivity contribution in [1.29, 1.82) is 0 Å². The lowest BCUT2D eigenvalue weighted by Crippen LogP contribution is -2.61. The van der Waals surface area contributed by atoms with Crippen LogP contribution in [0.1, 0.15) is 17.2 Å². The lowest BCUT2D eigenvalue weighted by Gasteiger charge is -2.39. The highest BCUT2D eigenvalue weighted by molar-refractivity contribution is 5.94. The van der Waals surface area contributed by atoms with Gasteiger partial charge in [-0.25, -0.2) is 0 Å². The van der Waals surface area contributed by atoms with Crippen molar-refractivity contribution in [3.8, 4) is 0 Å². The van der Waals surface area contributed by atoms with Gasteiger partial charge < -0.3 is 35.6 Å². The summed E-state index contributed by atoms with van der Waals surface area (Å²) >= 11 is 0. The van der Waals surface area contributed by atoms with E-state index in [0.717, 1.165) is 5.56 Å². The van der Waals surface area contributed by atoms with Crippen LogP contribution in [-0.2, 0) is 9.53 Å². The fourth-order valence-electron chi connectivity index (χ4n) is 3.11. The SMILES string of the molecule is O=C(Nc1ccc(C(O)c2ccccc2)cc1)[C@@H]1O[C@H](CO)[C@H](O)[C@H](O)[C@H]1O. The van der Waals surface area contributed by atoms with Gasteiger partial charge in [0.2, 0.25) is 0 Å². The van der Waals surface area contributed by atoms with Gasteiger partial charge >= 0.3 is 0 Å². The minimum Gasteiger partial charge on any atom is -0.394 e. The van der Waals surface area contributed by atoms with Crippen molar-refractivity contribution in [2.24, 2.45) is 0 Å². The van der Waals surface area contributed by atoms with Gasteiger partial charge in [0, 0.05) is 5.69 Å². The number of ether oxygens (including phenoxy) is 1. The molecule has 0 bridgehead atoms. The van der Waals surface area contributed by atoms with Crippen molar-refractivity contribution in [2.75, 3.05) is 11.9 Å². The molecule has 0 saturated carbocycles. The Hall–Kier alpha value is -2.33. The molecule has 6 atom stereocenters. The zero-order chi connectivity index (χ0) is 20.3. The number of anilines is 1. The van der Waals surface area contributed by atoms with E-state index in [4.69, 9.17) is 4.74 Å². The third-order valence-corrected chi connectivity index (χ3v) is 4.76. The van der Waals surface area contributed by atoms with Crippen molar-refractivity contribution in [3.05, 3.63) is 65.7 Å². The van der Waals surface area contributed by atoms with Gasteiger partial charge in [-0.05, 0) is 23.3 Å². The molecule has 150 valence electrons. The molecule has 2 aromatic rings. The number of hydrogen-bond acceptors (Lipinski definition) is 7. The summed E-state index contributed by atoms with van der Waals surface area (Å²) in [5.41, 5.74) is 1.77. The van der Waals surface area contributed by atoms with Crippen molar-refractivity contribution in [3.63, 3.8) is 0 Å². The van der Waals surface area contributed by atoms with Crippen LogP contribution in [0.3, 0.4) is 0 Å². The summed E-state index contributed by atoms with van der Waals surface area (Å²) in [4.78, 5) is 12.4. The number of carbonyl (C=O) groups is 1. The predicted octanol–water partition coefficient (Wildman–Crippen LogP) is -0.451. The van der Waals surface area contributed by atoms with Crippen LogP contribution in [0.2, 0.25) is 0 Å². The number of aliphatic hydroxyl groups is 5. The van der Waals surface area contributed by atoms with Crippen molar-refractivity contribution < 1.29 is 35.1 Å². The van der Waals surface area contributed by atoms with Crippen LogP contribution >= 0.6 is 0 Å². The van der Waals surface area contributed by atoms with Crippen LogP contribution in [-0.4, -0.2) is 68.6 Å². The highest BCUT2D eigenvalue weighted by atomic mass is 16.5. The van der Waals surface area contributed by atoms with Crippen LogP contribution in [0.25, 0.3) is 0 Å². The van der Waals surface area contributed by atoms with Gasteiger partial charge in [-0.3, -0.25) is 4.79 Å². The summed E-state index contributed by atoms with van der Waals surface area (Å²) < 4.78 is 5.22. The van der Waals surface area contributed by atoms with Gasteiger partial charge in [-0.1, -0.05) is 42.5 Å². The molecule has 1 amide bonds. The smallest absolute Gasteiger partial charge is 0.256 e. The molecule has 0 radical (unpaired) electrons. The summed E-state index contributed by atoms with van der Waals surface area (Å²) in [5.74, 6) is -0.728. The van der Waals surface area contributed by atoms with Gasteiger partial charge in [-0.15, -0.1) is 0 Å². The maximum absolute atomic E-state index is 12.4. The van der Waals surface area contributed by atoms with Gasteiger partial charge in [0.1, 0.15) is 30.5 Å². The van der Waals surface area contributed by atoms with Crippen molar-refractivity contribution >= 4 is 11.6 Å². The minimum atomic E-state index is -1.64. The molecule has 28 heavy (non-hydrogen) atoms. The molecule has 8 heteroatoms. The molecule has 6 N–H and O–H groups in total. The molecule has 1 heterocycles. The zero-order valence-electron chi connectivity index (χ0n) is 14.9. The number of amides is 1. The van der Waals surface area contributed by atoms with Crippen LogP contribution in [0, 0.1) is 0 Å². The molecule has 1 saturated heterocycles. The first-order valence-corrected chi connectivity index (χ1v) is 8.86. The monoisotopic (exact) mass is 389 g/mol. The molecule has 0 aromatic heterocycles. The Balaban J connectivity index is 1.67. The second-order valence-corrected chi connectivity index (χ2v) is 6.67. The Bertz CT molecular complexity index is 781. The first-order valence-electron chi connectivity index (χ1n) is 8.86. The van der Waals surface area contributed by atoms with E-state index in [9.17, 15) is 30.3 Å². The zero-order valence-corrected chi connectivity index (χ0v) is 14.9. The van der Waals surface area contributed by atoms with Gasteiger partial charge in [0.05, 0.1) is 6.61 Å². The third-order valence-electron chi connectivity index (χ3n) is 4.76. The average molecular weight is 389 g/mol. The van der Waals surface area contributed by atoms with E-state index < -0.39 is 49.1 Å². The van der Waals surface area contributed by atoms with Crippen LogP contribution in [0.5, 0.6) is 0 Å². The Morgan fingerprint density at radius 2 is 1.54 bits per heavy atom. The van der Waals surface area contributed by atoms with Gasteiger partial charge in [-0.2, -0.15) is 0 Å². The average Bonchev–Trinajstić information content (AvgIpc) is 2.73. The molecule has 0 aliphatic carbocycles. The lowest BCUT2D eigenvalue weighted by molar-refractivity contribution is -0.224. The Morgan fingerprint density at radius 3 is 2.14 bits per heavy atom. The van der Waals surface area contributed by atoms with Gasteiger partial charge in [0.25, 0.3) is 5.91 Å². The van der Waals surface area contributed by atoms with Crippen LogP contribution in [0.4, 0.5) is 5.69 Å². The maximum Gasteiger partial charge on any atom is 0.256 e. The van der Waals surface area contributed by atoms with E-state index >= 15 is 0 Å². The number of rotatable bonds is 5. The highest BCUT2D eigenvalue weighted by Gasteiger charge is 2.46. The molecule has 1 unspecified atom stereocenters. The highest BCUT2D eigenvalue weighted by Crippen LogP contribution is 2.25. The third kappa shape index (κ3) is 4.22. The van der Waals surface area contributed by atoms with E-state index in [2.05, 4.69) is 5.32 Å². The van der Waals surface area contributed by atoms with E-state index in [1.54, 1.807) is 36.4 Å². The molecular formula is C20H23NO7. The summed E-state index contributed by atoms with van der Waals surface area (Å²) in [6, 6.07) is 15.6. The molecule has 0 spiro atoms. The summed E-state index contributed by atoms with van der Waals surface area (Å²) in [7, 11) is 0. The second kappa shape index (κ2) is 8.78. The Labute approximate surface area is 161 Å².